The highest BCUT2D eigenvalue weighted by Gasteiger charge is 2.19. The van der Waals surface area contributed by atoms with E-state index in [1.54, 1.807) is 4.72 Å². The maximum Gasteiger partial charge on any atom is 0.251 e. The molecule has 0 aliphatic rings. The van der Waals surface area contributed by atoms with E-state index in [2.05, 4.69) is 11.8 Å². The molecule has 0 saturated carbocycles. The second-order valence-corrected chi connectivity index (χ2v) is 5.54. The number of hydrogen-bond acceptors (Lipinski definition) is 3. The van der Waals surface area contributed by atoms with Crippen LogP contribution >= 0.6 is 11.6 Å². The minimum Gasteiger partial charge on any atom is -0.320 e. The number of nitrogens with one attached hydrogen (secondary N) is 1. The molecule has 1 aromatic carbocycles. The Balaban J connectivity index is 3.02. The van der Waals surface area contributed by atoms with Gasteiger partial charge in [0.05, 0.1) is 18.1 Å². The Hall–Kier alpha value is -1.20. The number of sulfonamides is 1. The van der Waals surface area contributed by atoms with Gasteiger partial charge in [-0.25, -0.2) is 21.9 Å². The van der Waals surface area contributed by atoms with Crippen molar-refractivity contribution in [3.05, 3.63) is 28.8 Å². The topological polar surface area (TPSA) is 72.2 Å². The van der Waals surface area contributed by atoms with Gasteiger partial charge in [0.1, 0.15) is 4.90 Å². The van der Waals surface area contributed by atoms with Crippen LogP contribution in [0, 0.1) is 11.8 Å². The van der Waals surface area contributed by atoms with Gasteiger partial charge in [0.15, 0.2) is 0 Å². The van der Waals surface area contributed by atoms with Gasteiger partial charge >= 0.3 is 0 Å². The van der Waals surface area contributed by atoms with Crippen LogP contribution in [0.4, 0.5) is 8.78 Å². The summed E-state index contributed by atoms with van der Waals surface area (Å²) in [6.45, 7) is -0.805. The molecule has 0 aromatic heterocycles. The molecule has 0 amide bonds. The third-order valence-electron chi connectivity index (χ3n) is 1.98. The fourth-order valence-electron chi connectivity index (χ4n) is 1.20. The van der Waals surface area contributed by atoms with Crippen LogP contribution in [0.15, 0.2) is 23.1 Å². The Morgan fingerprint density at radius 2 is 2.11 bits per heavy atom. The van der Waals surface area contributed by atoms with Crippen molar-refractivity contribution in [3.63, 3.8) is 0 Å². The second-order valence-electron chi connectivity index (χ2n) is 3.39. The van der Waals surface area contributed by atoms with Crippen LogP contribution < -0.4 is 10.5 Å². The summed E-state index contributed by atoms with van der Waals surface area (Å²) in [7, 11) is -4.06. The maximum absolute atomic E-state index is 12.0. The van der Waals surface area contributed by atoms with Gasteiger partial charge < -0.3 is 5.73 Å². The number of benzene rings is 1. The van der Waals surface area contributed by atoms with Crippen LogP contribution in [0.5, 0.6) is 0 Å². The molecule has 0 unspecified atom stereocenters. The number of alkyl halides is 2. The van der Waals surface area contributed by atoms with Crippen molar-refractivity contribution in [2.45, 2.75) is 11.3 Å². The largest absolute Gasteiger partial charge is 0.320 e. The standard InChI is InChI=1S/C11H11ClF2N2O2S/c12-9-6-8(2-1-5-15)3-4-10(9)19(17,18)16-7-11(13)14/h3-4,6,11,16H,5,7,15H2. The molecule has 0 spiro atoms. The van der Waals surface area contributed by atoms with Gasteiger partial charge in [0.25, 0.3) is 6.43 Å². The smallest absolute Gasteiger partial charge is 0.251 e. The van der Waals surface area contributed by atoms with Gasteiger partial charge in [-0.3, -0.25) is 0 Å². The first-order chi connectivity index (χ1) is 8.86. The molecule has 3 N–H and O–H groups in total. The van der Waals surface area contributed by atoms with Crippen molar-refractivity contribution in [2.24, 2.45) is 5.73 Å². The lowest BCUT2D eigenvalue weighted by Gasteiger charge is -2.08. The van der Waals surface area contributed by atoms with E-state index in [1.807, 2.05) is 0 Å². The predicted octanol–water partition coefficient (Wildman–Crippen LogP) is 1.19. The lowest BCUT2D eigenvalue weighted by atomic mass is 10.2. The van der Waals surface area contributed by atoms with Crippen molar-refractivity contribution in [1.29, 1.82) is 0 Å². The highest BCUT2D eigenvalue weighted by atomic mass is 35.5. The molecular weight excluding hydrogens is 298 g/mol. The molecule has 0 saturated heterocycles. The molecule has 1 rings (SSSR count). The molecule has 0 aliphatic heterocycles. The molecule has 8 heteroatoms. The van der Waals surface area contributed by atoms with Gasteiger partial charge in [0, 0.05) is 5.56 Å². The van der Waals surface area contributed by atoms with Crippen LogP contribution in [-0.2, 0) is 10.0 Å². The molecule has 0 fully saturated rings. The molecule has 0 bridgehead atoms. The van der Waals surface area contributed by atoms with Gasteiger partial charge in [-0.05, 0) is 18.2 Å². The van der Waals surface area contributed by atoms with Crippen molar-refractivity contribution in [3.8, 4) is 11.8 Å². The van der Waals surface area contributed by atoms with Crippen molar-refractivity contribution in [2.75, 3.05) is 13.1 Å². The molecule has 1 aromatic rings. The summed E-state index contributed by atoms with van der Waals surface area (Å²) in [5, 5.41) is -0.0920. The Labute approximate surface area is 115 Å². The molecule has 0 atom stereocenters. The molecule has 104 valence electrons. The lowest BCUT2D eigenvalue weighted by molar-refractivity contribution is 0.153. The van der Waals surface area contributed by atoms with Crippen molar-refractivity contribution >= 4 is 21.6 Å². The minimum absolute atomic E-state index is 0.0920. The Morgan fingerprint density at radius 3 is 2.63 bits per heavy atom. The van der Waals surface area contributed by atoms with E-state index in [0.717, 1.165) is 0 Å². The summed E-state index contributed by atoms with van der Waals surface area (Å²) in [4.78, 5) is -0.270. The number of rotatable bonds is 4. The zero-order valence-corrected chi connectivity index (χ0v) is 11.2. The Bertz CT molecular complexity index is 609. The third-order valence-corrected chi connectivity index (χ3v) is 3.89. The quantitative estimate of drug-likeness (QED) is 0.821. The first kappa shape index (κ1) is 15.9. The van der Waals surface area contributed by atoms with Gasteiger partial charge in [0.2, 0.25) is 10.0 Å². The zero-order valence-electron chi connectivity index (χ0n) is 9.66. The molecule has 19 heavy (non-hydrogen) atoms. The van der Waals surface area contributed by atoms with Gasteiger partial charge in [-0.2, -0.15) is 0 Å². The summed E-state index contributed by atoms with van der Waals surface area (Å²) in [6.07, 6.45) is -2.77. The van der Waals surface area contributed by atoms with Crippen LogP contribution in [0.25, 0.3) is 0 Å². The van der Waals surface area contributed by atoms with Crippen LogP contribution in [-0.4, -0.2) is 27.9 Å². The number of nitrogens with two attached hydrogens (primary N) is 1. The minimum atomic E-state index is -4.06. The summed E-state index contributed by atoms with van der Waals surface area (Å²) >= 11 is 5.80. The highest BCUT2D eigenvalue weighted by molar-refractivity contribution is 7.89. The summed E-state index contributed by atoms with van der Waals surface area (Å²) in [6, 6.07) is 3.96. The molecule has 0 heterocycles. The Kier molecular flexibility index (Phi) is 5.69. The van der Waals surface area contributed by atoms with Crippen molar-refractivity contribution in [1.82, 2.24) is 4.72 Å². The van der Waals surface area contributed by atoms with E-state index >= 15 is 0 Å². The lowest BCUT2D eigenvalue weighted by Crippen LogP contribution is -2.28. The van der Waals surface area contributed by atoms with E-state index in [-0.39, 0.29) is 16.5 Å². The summed E-state index contributed by atoms with van der Waals surface area (Å²) < 4.78 is 49.1. The van der Waals surface area contributed by atoms with Crippen LogP contribution in [0.3, 0.4) is 0 Å². The fourth-order valence-corrected chi connectivity index (χ4v) is 2.75. The van der Waals surface area contributed by atoms with Gasteiger partial charge in [-0.15, -0.1) is 0 Å². The molecular formula is C11H11ClF2N2O2S. The third kappa shape index (κ3) is 4.76. The van der Waals surface area contributed by atoms with E-state index in [1.165, 1.54) is 18.2 Å². The molecule has 0 aliphatic carbocycles. The van der Waals surface area contributed by atoms with Crippen LogP contribution in [0.2, 0.25) is 5.02 Å². The number of hydrogen-bond donors (Lipinski definition) is 2. The predicted molar refractivity (Wildman–Crippen MR) is 68.6 cm³/mol. The first-order valence-corrected chi connectivity index (χ1v) is 6.99. The van der Waals surface area contributed by atoms with E-state index < -0.39 is 23.0 Å². The number of halogens is 3. The average molecular weight is 309 g/mol. The van der Waals surface area contributed by atoms with E-state index in [4.69, 9.17) is 17.3 Å². The summed E-state index contributed by atoms with van der Waals surface area (Å²) in [5.41, 5.74) is 5.69. The molecule has 4 nitrogen and oxygen atoms in total. The summed E-state index contributed by atoms with van der Waals surface area (Å²) in [5.74, 6) is 5.26. The SMILES string of the molecule is NCC#Cc1ccc(S(=O)(=O)NCC(F)F)c(Cl)c1. The highest BCUT2D eigenvalue weighted by Crippen LogP contribution is 2.22. The second kappa shape index (κ2) is 6.82. The normalized spacial score (nSPS) is 11.2. The maximum atomic E-state index is 12.0. The zero-order chi connectivity index (χ0) is 14.5. The Morgan fingerprint density at radius 1 is 1.42 bits per heavy atom. The van der Waals surface area contributed by atoms with Gasteiger partial charge in [-0.1, -0.05) is 23.4 Å². The fraction of sp³-hybridized carbons (Fsp3) is 0.273. The molecule has 0 radical (unpaired) electrons. The average Bonchev–Trinajstić information content (AvgIpc) is 2.34. The van der Waals surface area contributed by atoms with E-state index in [0.29, 0.717) is 5.56 Å². The van der Waals surface area contributed by atoms with E-state index in [9.17, 15) is 17.2 Å². The van der Waals surface area contributed by atoms with Crippen LogP contribution in [0.1, 0.15) is 5.56 Å². The first-order valence-electron chi connectivity index (χ1n) is 5.13. The van der Waals surface area contributed by atoms with Crippen molar-refractivity contribution < 1.29 is 17.2 Å². The monoisotopic (exact) mass is 308 g/mol.